The Morgan fingerprint density at radius 2 is 2.50 bits per heavy atom. The lowest BCUT2D eigenvalue weighted by atomic mass is 9.88. The zero-order chi connectivity index (χ0) is 11.5. The van der Waals surface area contributed by atoms with Crippen molar-refractivity contribution >= 4 is 12.0 Å². The predicted octanol–water partition coefficient (Wildman–Crippen LogP) is 0.753. The van der Waals surface area contributed by atoms with Crippen LogP contribution < -0.4 is 11.1 Å². The number of aromatic nitrogens is 1. The summed E-state index contributed by atoms with van der Waals surface area (Å²) in [6, 6.07) is 0.903. The van der Waals surface area contributed by atoms with Gasteiger partial charge in [-0.2, -0.15) is 4.98 Å². The van der Waals surface area contributed by atoms with E-state index in [2.05, 4.69) is 10.3 Å². The number of nitrogens with one attached hydrogen (secondary N) is 1. The van der Waals surface area contributed by atoms with E-state index in [0.717, 1.165) is 12.8 Å². The summed E-state index contributed by atoms with van der Waals surface area (Å²) in [6.45, 7) is 2.07. The summed E-state index contributed by atoms with van der Waals surface area (Å²) in [5.74, 6) is -0.468. The molecule has 3 N–H and O–H groups in total. The number of nitrogens with zero attached hydrogens (tertiary/aromatic N) is 1. The second-order valence-electron chi connectivity index (χ2n) is 3.83. The third kappa shape index (κ3) is 2.33. The van der Waals surface area contributed by atoms with Crippen molar-refractivity contribution in [3.05, 3.63) is 12.0 Å². The summed E-state index contributed by atoms with van der Waals surface area (Å²) in [5.41, 5.74) is 5.84. The van der Waals surface area contributed by atoms with E-state index in [-0.39, 0.29) is 11.7 Å². The van der Waals surface area contributed by atoms with Crippen LogP contribution in [0.4, 0.5) is 6.01 Å². The maximum atomic E-state index is 11.3. The minimum absolute atomic E-state index is 0.188. The largest absolute Gasteiger partial charge is 0.461 e. The Morgan fingerprint density at radius 1 is 1.75 bits per heavy atom. The number of esters is 1. The van der Waals surface area contributed by atoms with Gasteiger partial charge in [-0.1, -0.05) is 0 Å². The van der Waals surface area contributed by atoms with Gasteiger partial charge in [-0.25, -0.2) is 4.79 Å². The molecule has 88 valence electrons. The van der Waals surface area contributed by atoms with Gasteiger partial charge in [-0.05, 0) is 19.8 Å². The van der Waals surface area contributed by atoms with E-state index in [4.69, 9.17) is 14.9 Å². The molecule has 1 aromatic rings. The lowest BCUT2D eigenvalue weighted by Crippen LogP contribution is -2.44. The Bertz CT molecular complexity index is 371. The van der Waals surface area contributed by atoms with Crippen LogP contribution in [0.5, 0.6) is 0 Å². The molecule has 6 heteroatoms. The molecule has 0 aromatic carbocycles. The molecule has 0 bridgehead atoms. The van der Waals surface area contributed by atoms with Crippen molar-refractivity contribution in [1.82, 2.24) is 4.98 Å². The van der Waals surface area contributed by atoms with Crippen LogP contribution in [0.2, 0.25) is 0 Å². The Labute approximate surface area is 93.2 Å². The second kappa shape index (κ2) is 4.52. The number of carbonyl (C=O) groups excluding carboxylic acids is 1. The molecule has 16 heavy (non-hydrogen) atoms. The third-order valence-electron chi connectivity index (χ3n) is 2.49. The fourth-order valence-electron chi connectivity index (χ4n) is 1.59. The van der Waals surface area contributed by atoms with Gasteiger partial charge < -0.3 is 20.2 Å². The zero-order valence-electron chi connectivity index (χ0n) is 9.10. The predicted molar refractivity (Wildman–Crippen MR) is 57.1 cm³/mol. The summed E-state index contributed by atoms with van der Waals surface area (Å²) in [4.78, 5) is 15.3. The van der Waals surface area contributed by atoms with Crippen LogP contribution in [0.25, 0.3) is 0 Å². The van der Waals surface area contributed by atoms with Crippen molar-refractivity contribution in [3.63, 3.8) is 0 Å². The van der Waals surface area contributed by atoms with Gasteiger partial charge in [-0.15, -0.1) is 0 Å². The van der Waals surface area contributed by atoms with E-state index in [1.807, 2.05) is 0 Å². The van der Waals surface area contributed by atoms with Gasteiger partial charge in [0.1, 0.15) is 6.26 Å². The van der Waals surface area contributed by atoms with E-state index < -0.39 is 5.97 Å². The summed E-state index contributed by atoms with van der Waals surface area (Å²) < 4.78 is 9.90. The maximum absolute atomic E-state index is 11.3. The number of ether oxygens (including phenoxy) is 1. The number of carbonyl (C=O) groups is 1. The van der Waals surface area contributed by atoms with Crippen LogP contribution in [0.15, 0.2) is 10.7 Å². The maximum Gasteiger partial charge on any atom is 0.360 e. The van der Waals surface area contributed by atoms with E-state index >= 15 is 0 Å². The van der Waals surface area contributed by atoms with Crippen molar-refractivity contribution in [2.45, 2.75) is 31.8 Å². The average molecular weight is 225 g/mol. The van der Waals surface area contributed by atoms with Crippen LogP contribution in [-0.2, 0) is 4.74 Å². The Morgan fingerprint density at radius 3 is 3.12 bits per heavy atom. The Hall–Kier alpha value is -1.56. The standard InChI is InChI=1S/C10H15N3O3/c1-2-15-9(14)8-5-16-10(13-8)12-7-3-6(11)4-7/h5-7H,2-4,11H2,1H3,(H,12,13). The summed E-state index contributed by atoms with van der Waals surface area (Å²) in [5, 5.41) is 3.06. The van der Waals surface area contributed by atoms with Crippen LogP contribution in [0, 0.1) is 0 Å². The van der Waals surface area contributed by atoms with Gasteiger partial charge in [0.2, 0.25) is 0 Å². The molecule has 6 nitrogen and oxygen atoms in total. The van der Waals surface area contributed by atoms with Crippen LogP contribution in [0.1, 0.15) is 30.3 Å². The molecule has 0 aliphatic heterocycles. The lowest BCUT2D eigenvalue weighted by Gasteiger charge is -2.32. The Balaban J connectivity index is 1.89. The molecule has 0 spiro atoms. The highest BCUT2D eigenvalue weighted by Crippen LogP contribution is 2.22. The monoisotopic (exact) mass is 225 g/mol. The van der Waals surface area contributed by atoms with Gasteiger partial charge in [-0.3, -0.25) is 0 Å². The van der Waals surface area contributed by atoms with E-state index in [9.17, 15) is 4.79 Å². The normalized spacial score (nSPS) is 23.6. The molecule has 0 atom stereocenters. The first-order valence-electron chi connectivity index (χ1n) is 5.33. The summed E-state index contributed by atoms with van der Waals surface area (Å²) in [7, 11) is 0. The van der Waals surface area contributed by atoms with Gasteiger partial charge in [0.05, 0.1) is 6.61 Å². The van der Waals surface area contributed by atoms with Gasteiger partial charge in [0.25, 0.3) is 6.01 Å². The molecule has 1 heterocycles. The van der Waals surface area contributed by atoms with Crippen molar-refractivity contribution < 1.29 is 13.9 Å². The highest BCUT2D eigenvalue weighted by atomic mass is 16.5. The molecule has 2 rings (SSSR count). The number of hydrogen-bond acceptors (Lipinski definition) is 6. The zero-order valence-corrected chi connectivity index (χ0v) is 9.10. The molecular formula is C10H15N3O3. The van der Waals surface area contributed by atoms with Gasteiger partial charge in [0.15, 0.2) is 5.69 Å². The van der Waals surface area contributed by atoms with Crippen molar-refractivity contribution in [3.8, 4) is 0 Å². The lowest BCUT2D eigenvalue weighted by molar-refractivity contribution is 0.0519. The quantitative estimate of drug-likeness (QED) is 0.735. The topological polar surface area (TPSA) is 90.4 Å². The molecule has 1 saturated carbocycles. The number of rotatable bonds is 4. The minimum atomic E-state index is -0.468. The van der Waals surface area contributed by atoms with Gasteiger partial charge in [0, 0.05) is 12.1 Å². The third-order valence-corrected chi connectivity index (χ3v) is 2.49. The smallest absolute Gasteiger partial charge is 0.360 e. The highest BCUT2D eigenvalue weighted by molar-refractivity contribution is 5.87. The van der Waals surface area contributed by atoms with E-state index in [0.29, 0.717) is 18.7 Å². The molecule has 1 aliphatic carbocycles. The minimum Gasteiger partial charge on any atom is -0.461 e. The Kier molecular flexibility index (Phi) is 3.09. The number of oxazole rings is 1. The first-order valence-corrected chi connectivity index (χ1v) is 5.33. The number of hydrogen-bond donors (Lipinski definition) is 2. The van der Waals surface area contributed by atoms with Crippen molar-refractivity contribution in [1.29, 1.82) is 0 Å². The molecule has 0 saturated heterocycles. The molecule has 0 radical (unpaired) electrons. The SMILES string of the molecule is CCOC(=O)c1coc(NC2CC(N)C2)n1. The second-order valence-corrected chi connectivity index (χ2v) is 3.83. The van der Waals surface area contributed by atoms with E-state index in [1.165, 1.54) is 6.26 Å². The summed E-state index contributed by atoms with van der Waals surface area (Å²) >= 11 is 0. The first kappa shape index (κ1) is 10.9. The summed E-state index contributed by atoms with van der Waals surface area (Å²) in [6.07, 6.45) is 3.09. The van der Waals surface area contributed by atoms with Crippen LogP contribution >= 0.6 is 0 Å². The molecule has 1 aliphatic rings. The fourth-order valence-corrected chi connectivity index (χ4v) is 1.59. The van der Waals surface area contributed by atoms with Crippen LogP contribution in [-0.4, -0.2) is 29.6 Å². The van der Waals surface area contributed by atoms with E-state index in [1.54, 1.807) is 6.92 Å². The van der Waals surface area contributed by atoms with Crippen LogP contribution in [0.3, 0.4) is 0 Å². The first-order chi connectivity index (χ1) is 7.69. The number of anilines is 1. The highest BCUT2D eigenvalue weighted by Gasteiger charge is 2.27. The number of nitrogens with two attached hydrogens (primary N) is 1. The average Bonchev–Trinajstić information content (AvgIpc) is 2.64. The fraction of sp³-hybridized carbons (Fsp3) is 0.600. The van der Waals surface area contributed by atoms with Crippen molar-refractivity contribution in [2.24, 2.45) is 5.73 Å². The molecule has 1 aromatic heterocycles. The molecule has 1 fully saturated rings. The molecule has 0 unspecified atom stereocenters. The van der Waals surface area contributed by atoms with Gasteiger partial charge >= 0.3 is 5.97 Å². The molecule has 0 amide bonds. The molecular weight excluding hydrogens is 210 g/mol. The van der Waals surface area contributed by atoms with Crippen molar-refractivity contribution in [2.75, 3.05) is 11.9 Å².